The van der Waals surface area contributed by atoms with Crippen LogP contribution in [0.1, 0.15) is 25.1 Å². The number of rotatable bonds is 4. The van der Waals surface area contributed by atoms with E-state index in [1.54, 1.807) is 18.3 Å². The average Bonchev–Trinajstić information content (AvgIpc) is 2.66. The van der Waals surface area contributed by atoms with Crippen LogP contribution in [0.3, 0.4) is 0 Å². The summed E-state index contributed by atoms with van der Waals surface area (Å²) in [6.45, 7) is 4.06. The van der Waals surface area contributed by atoms with E-state index in [0.29, 0.717) is 22.5 Å². The van der Waals surface area contributed by atoms with Gasteiger partial charge in [0.1, 0.15) is 5.15 Å². The summed E-state index contributed by atoms with van der Waals surface area (Å²) < 4.78 is 1.51. The van der Waals surface area contributed by atoms with Crippen molar-refractivity contribution in [3.05, 3.63) is 34.7 Å². The molecule has 0 saturated carbocycles. The van der Waals surface area contributed by atoms with Gasteiger partial charge in [-0.15, -0.1) is 5.10 Å². The zero-order valence-electron chi connectivity index (χ0n) is 10.3. The third-order valence-corrected chi connectivity index (χ3v) is 2.93. The van der Waals surface area contributed by atoms with Crippen molar-refractivity contribution in [3.63, 3.8) is 0 Å². The molecule has 0 aromatic carbocycles. The number of hydrogen-bond donors (Lipinski definition) is 1. The Labute approximate surface area is 110 Å². The van der Waals surface area contributed by atoms with Gasteiger partial charge in [0.25, 0.3) is 0 Å². The van der Waals surface area contributed by atoms with Crippen LogP contribution in [-0.4, -0.2) is 25.1 Å². The molecule has 2 rings (SSSR count). The van der Waals surface area contributed by atoms with Crippen LogP contribution in [0.25, 0.3) is 5.82 Å². The Morgan fingerprint density at radius 1 is 1.44 bits per heavy atom. The Morgan fingerprint density at radius 3 is 2.78 bits per heavy atom. The number of nitrogens with zero attached hydrogens (tertiary/aromatic N) is 4. The molecule has 0 aliphatic carbocycles. The Balaban J connectivity index is 2.47. The van der Waals surface area contributed by atoms with Crippen LogP contribution in [0, 0.1) is 5.92 Å². The quantitative estimate of drug-likeness (QED) is 0.919. The molecule has 0 spiro atoms. The molecule has 5 nitrogen and oxygen atoms in total. The summed E-state index contributed by atoms with van der Waals surface area (Å²) in [6, 6.07) is 3.53. The minimum Gasteiger partial charge on any atom is -0.391 e. The number of aliphatic hydroxyl groups is 1. The summed E-state index contributed by atoms with van der Waals surface area (Å²) in [4.78, 5) is 0. The lowest BCUT2D eigenvalue weighted by molar-refractivity contribution is 0.280. The van der Waals surface area contributed by atoms with Gasteiger partial charge >= 0.3 is 0 Å². The second-order valence-corrected chi connectivity index (χ2v) is 4.82. The normalized spacial score (nSPS) is 11.2. The summed E-state index contributed by atoms with van der Waals surface area (Å²) in [6.07, 6.45) is 2.35. The van der Waals surface area contributed by atoms with Gasteiger partial charge in [0.15, 0.2) is 5.82 Å². The Morgan fingerprint density at radius 2 is 2.22 bits per heavy atom. The fourth-order valence-corrected chi connectivity index (χ4v) is 2.03. The third-order valence-electron chi connectivity index (χ3n) is 2.54. The monoisotopic (exact) mass is 266 g/mol. The lowest BCUT2D eigenvalue weighted by Crippen LogP contribution is -2.02. The average molecular weight is 267 g/mol. The van der Waals surface area contributed by atoms with Gasteiger partial charge in [-0.1, -0.05) is 25.4 Å². The molecule has 0 saturated heterocycles. The van der Waals surface area contributed by atoms with Gasteiger partial charge < -0.3 is 5.11 Å². The van der Waals surface area contributed by atoms with Crippen molar-refractivity contribution in [1.82, 2.24) is 20.0 Å². The SMILES string of the molecule is CC(C)Cc1nn(-c2cccnn2)c(Cl)c1CO. The molecule has 0 amide bonds. The topological polar surface area (TPSA) is 63.8 Å². The van der Waals surface area contributed by atoms with Gasteiger partial charge in [-0.25, -0.2) is 4.68 Å². The summed E-state index contributed by atoms with van der Waals surface area (Å²) in [7, 11) is 0. The highest BCUT2D eigenvalue weighted by atomic mass is 35.5. The maximum absolute atomic E-state index is 9.40. The number of hydrogen-bond acceptors (Lipinski definition) is 4. The molecule has 1 N–H and O–H groups in total. The summed E-state index contributed by atoms with van der Waals surface area (Å²) >= 11 is 6.22. The Hall–Kier alpha value is -1.46. The van der Waals surface area contributed by atoms with E-state index in [4.69, 9.17) is 11.6 Å². The van der Waals surface area contributed by atoms with Crippen molar-refractivity contribution in [2.75, 3.05) is 0 Å². The van der Waals surface area contributed by atoms with Gasteiger partial charge in [0.05, 0.1) is 12.3 Å². The van der Waals surface area contributed by atoms with Crippen molar-refractivity contribution in [1.29, 1.82) is 0 Å². The molecule has 0 fully saturated rings. The van der Waals surface area contributed by atoms with Gasteiger partial charge in [-0.05, 0) is 24.5 Å². The van der Waals surface area contributed by atoms with Crippen LogP contribution in [0.4, 0.5) is 0 Å². The molecule has 0 atom stereocenters. The first-order chi connectivity index (χ1) is 8.63. The van der Waals surface area contributed by atoms with Crippen LogP contribution >= 0.6 is 11.6 Å². The Kier molecular flexibility index (Phi) is 3.93. The second kappa shape index (κ2) is 5.46. The highest BCUT2D eigenvalue weighted by molar-refractivity contribution is 6.30. The molecule has 18 heavy (non-hydrogen) atoms. The molecule has 2 aromatic rings. The predicted octanol–water partition coefficient (Wildman–Crippen LogP) is 2.01. The van der Waals surface area contributed by atoms with Gasteiger partial charge in [0, 0.05) is 11.8 Å². The largest absolute Gasteiger partial charge is 0.391 e. The first kappa shape index (κ1) is 13.0. The molecule has 0 aliphatic heterocycles. The van der Waals surface area contributed by atoms with E-state index in [2.05, 4.69) is 29.1 Å². The molecule has 0 bridgehead atoms. The number of aromatic nitrogens is 4. The molecule has 2 heterocycles. The zero-order chi connectivity index (χ0) is 13.1. The van der Waals surface area contributed by atoms with Crippen LogP contribution in [0.2, 0.25) is 5.15 Å². The van der Waals surface area contributed by atoms with Crippen molar-refractivity contribution < 1.29 is 5.11 Å². The summed E-state index contributed by atoms with van der Waals surface area (Å²) in [5, 5.41) is 22.0. The standard InChI is InChI=1S/C12H15ClN4O/c1-8(2)6-10-9(7-18)12(13)17(16-10)11-4-3-5-14-15-11/h3-5,8,18H,6-7H2,1-2H3. The van der Waals surface area contributed by atoms with Gasteiger partial charge in [-0.2, -0.15) is 10.2 Å². The first-order valence-corrected chi connectivity index (χ1v) is 6.16. The third kappa shape index (κ3) is 2.52. The maximum Gasteiger partial charge on any atom is 0.177 e. The zero-order valence-corrected chi connectivity index (χ0v) is 11.1. The van der Waals surface area contributed by atoms with E-state index in [1.165, 1.54) is 4.68 Å². The fraction of sp³-hybridized carbons (Fsp3) is 0.417. The van der Waals surface area contributed by atoms with Crippen molar-refractivity contribution in [2.45, 2.75) is 26.9 Å². The summed E-state index contributed by atoms with van der Waals surface area (Å²) in [5.41, 5.74) is 1.47. The van der Waals surface area contributed by atoms with E-state index in [9.17, 15) is 5.11 Å². The minimum atomic E-state index is -0.124. The fourth-order valence-electron chi connectivity index (χ4n) is 1.74. The second-order valence-electron chi connectivity index (χ2n) is 4.47. The molecule has 96 valence electrons. The van der Waals surface area contributed by atoms with Crippen molar-refractivity contribution >= 4 is 11.6 Å². The van der Waals surface area contributed by atoms with Crippen LogP contribution < -0.4 is 0 Å². The molecule has 0 radical (unpaired) electrons. The van der Waals surface area contributed by atoms with Crippen LogP contribution in [0.5, 0.6) is 0 Å². The van der Waals surface area contributed by atoms with Crippen molar-refractivity contribution in [3.8, 4) is 5.82 Å². The molecule has 2 aromatic heterocycles. The maximum atomic E-state index is 9.40. The molecule has 0 aliphatic rings. The highest BCUT2D eigenvalue weighted by Gasteiger charge is 2.18. The first-order valence-electron chi connectivity index (χ1n) is 5.78. The molecule has 0 unspecified atom stereocenters. The van der Waals surface area contributed by atoms with Gasteiger partial charge in [0.2, 0.25) is 0 Å². The summed E-state index contributed by atoms with van der Waals surface area (Å²) in [5.74, 6) is 0.990. The lowest BCUT2D eigenvalue weighted by atomic mass is 10.1. The molecule has 6 heteroatoms. The van der Waals surface area contributed by atoms with E-state index in [1.807, 2.05) is 0 Å². The number of aliphatic hydroxyl groups excluding tert-OH is 1. The van der Waals surface area contributed by atoms with E-state index in [-0.39, 0.29) is 6.61 Å². The highest BCUT2D eigenvalue weighted by Crippen LogP contribution is 2.24. The van der Waals surface area contributed by atoms with Crippen molar-refractivity contribution in [2.24, 2.45) is 5.92 Å². The van der Waals surface area contributed by atoms with E-state index >= 15 is 0 Å². The van der Waals surface area contributed by atoms with Crippen LogP contribution in [0.15, 0.2) is 18.3 Å². The predicted molar refractivity (Wildman–Crippen MR) is 68.6 cm³/mol. The van der Waals surface area contributed by atoms with E-state index in [0.717, 1.165) is 12.1 Å². The minimum absolute atomic E-state index is 0.124. The van der Waals surface area contributed by atoms with Crippen LogP contribution in [-0.2, 0) is 13.0 Å². The van der Waals surface area contributed by atoms with E-state index < -0.39 is 0 Å². The smallest absolute Gasteiger partial charge is 0.177 e. The number of halogens is 1. The molecular formula is C12H15ClN4O. The Bertz CT molecular complexity index is 524. The molecular weight excluding hydrogens is 252 g/mol. The van der Waals surface area contributed by atoms with Gasteiger partial charge in [-0.3, -0.25) is 0 Å². The lowest BCUT2D eigenvalue weighted by Gasteiger charge is -2.02.